The Bertz CT molecular complexity index is 326. The number of piperidine rings is 1. The van der Waals surface area contributed by atoms with E-state index in [0.29, 0.717) is 0 Å². The molecule has 0 unspecified atom stereocenters. The second kappa shape index (κ2) is 5.18. The van der Waals surface area contributed by atoms with Gasteiger partial charge < -0.3 is 14.5 Å². The van der Waals surface area contributed by atoms with E-state index in [-0.39, 0.29) is 0 Å². The molecule has 6 heteroatoms. The van der Waals surface area contributed by atoms with E-state index in [4.69, 9.17) is 4.74 Å². The Morgan fingerprint density at radius 3 is 2.06 bits per heavy atom. The van der Waals surface area contributed by atoms with Gasteiger partial charge >= 0.3 is 0 Å². The van der Waals surface area contributed by atoms with Crippen molar-refractivity contribution >= 4 is 21.6 Å². The van der Waals surface area contributed by atoms with Crippen LogP contribution in [0.2, 0.25) is 0 Å². The van der Waals surface area contributed by atoms with Gasteiger partial charge in [0.2, 0.25) is 10.3 Å². The molecule has 0 bridgehead atoms. The molecule has 0 atom stereocenters. The van der Waals surface area contributed by atoms with Crippen LogP contribution < -0.4 is 9.80 Å². The third-order valence-corrected chi connectivity index (χ3v) is 4.36. The topological polar surface area (TPSA) is 41.5 Å². The highest BCUT2D eigenvalue weighted by atomic mass is 32.1. The summed E-state index contributed by atoms with van der Waals surface area (Å²) < 4.78 is 5.35. The molecule has 2 aliphatic rings. The van der Waals surface area contributed by atoms with Gasteiger partial charge in [-0.3, -0.25) is 0 Å². The predicted octanol–water partition coefficient (Wildman–Crippen LogP) is 1.36. The Hall–Kier alpha value is -0.880. The summed E-state index contributed by atoms with van der Waals surface area (Å²) in [4.78, 5) is 4.64. The summed E-state index contributed by atoms with van der Waals surface area (Å²) in [5.74, 6) is 0. The van der Waals surface area contributed by atoms with Gasteiger partial charge in [0, 0.05) is 26.2 Å². The summed E-state index contributed by atoms with van der Waals surface area (Å²) in [5, 5.41) is 10.8. The van der Waals surface area contributed by atoms with E-state index in [0.717, 1.165) is 49.7 Å². The Labute approximate surface area is 105 Å². The van der Waals surface area contributed by atoms with Crippen LogP contribution in [0.4, 0.5) is 10.3 Å². The molecular formula is C11H18N4OS. The number of hydrogen-bond acceptors (Lipinski definition) is 6. The molecule has 0 radical (unpaired) electrons. The van der Waals surface area contributed by atoms with Crippen molar-refractivity contribution in [3.05, 3.63) is 0 Å². The second-order valence-corrected chi connectivity index (χ2v) is 5.45. The fraction of sp³-hybridized carbons (Fsp3) is 0.818. The van der Waals surface area contributed by atoms with Crippen LogP contribution in [-0.2, 0) is 4.74 Å². The normalized spacial score (nSPS) is 21.9. The van der Waals surface area contributed by atoms with Crippen molar-refractivity contribution in [3.63, 3.8) is 0 Å². The molecule has 0 spiro atoms. The zero-order chi connectivity index (χ0) is 11.5. The van der Waals surface area contributed by atoms with Crippen molar-refractivity contribution in [1.29, 1.82) is 0 Å². The molecule has 17 heavy (non-hydrogen) atoms. The van der Waals surface area contributed by atoms with Crippen molar-refractivity contribution in [1.82, 2.24) is 10.2 Å². The number of anilines is 2. The highest BCUT2D eigenvalue weighted by Gasteiger charge is 2.19. The fourth-order valence-electron chi connectivity index (χ4n) is 2.30. The number of nitrogens with zero attached hydrogens (tertiary/aromatic N) is 4. The van der Waals surface area contributed by atoms with Crippen molar-refractivity contribution in [2.75, 3.05) is 49.2 Å². The van der Waals surface area contributed by atoms with Crippen LogP contribution in [0.25, 0.3) is 0 Å². The van der Waals surface area contributed by atoms with E-state index in [9.17, 15) is 0 Å². The summed E-state index contributed by atoms with van der Waals surface area (Å²) >= 11 is 1.72. The highest BCUT2D eigenvalue weighted by molar-refractivity contribution is 7.19. The van der Waals surface area contributed by atoms with Gasteiger partial charge in [0.25, 0.3) is 0 Å². The molecule has 5 nitrogen and oxygen atoms in total. The Morgan fingerprint density at radius 2 is 1.41 bits per heavy atom. The molecule has 0 N–H and O–H groups in total. The van der Waals surface area contributed by atoms with Gasteiger partial charge in [0.1, 0.15) is 0 Å². The summed E-state index contributed by atoms with van der Waals surface area (Å²) in [5.41, 5.74) is 0. The number of hydrogen-bond donors (Lipinski definition) is 0. The van der Waals surface area contributed by atoms with Gasteiger partial charge in [-0.05, 0) is 19.3 Å². The molecule has 3 heterocycles. The smallest absolute Gasteiger partial charge is 0.210 e. The molecule has 0 aliphatic carbocycles. The summed E-state index contributed by atoms with van der Waals surface area (Å²) in [7, 11) is 0. The first-order chi connectivity index (χ1) is 8.43. The van der Waals surface area contributed by atoms with Gasteiger partial charge in [-0.15, -0.1) is 10.2 Å². The van der Waals surface area contributed by atoms with E-state index < -0.39 is 0 Å². The van der Waals surface area contributed by atoms with Crippen LogP contribution in [0.1, 0.15) is 19.3 Å². The fourth-order valence-corrected chi connectivity index (χ4v) is 3.25. The molecule has 2 saturated heterocycles. The van der Waals surface area contributed by atoms with Gasteiger partial charge in [-0.2, -0.15) is 0 Å². The monoisotopic (exact) mass is 254 g/mol. The summed E-state index contributed by atoms with van der Waals surface area (Å²) in [6.45, 7) is 5.76. The largest absolute Gasteiger partial charge is 0.378 e. The van der Waals surface area contributed by atoms with Crippen LogP contribution in [0.5, 0.6) is 0 Å². The van der Waals surface area contributed by atoms with Crippen LogP contribution in [0.3, 0.4) is 0 Å². The van der Waals surface area contributed by atoms with Gasteiger partial charge in [0.05, 0.1) is 13.2 Å². The third-order valence-electron chi connectivity index (χ3n) is 3.31. The van der Waals surface area contributed by atoms with Crippen LogP contribution in [0.15, 0.2) is 0 Å². The Morgan fingerprint density at radius 1 is 0.824 bits per heavy atom. The SMILES string of the molecule is C1CCN(c2nnc(N3CCOCC3)s2)CC1. The zero-order valence-corrected chi connectivity index (χ0v) is 10.8. The molecule has 1 aromatic rings. The zero-order valence-electron chi connectivity index (χ0n) is 9.97. The molecule has 0 amide bonds. The van der Waals surface area contributed by atoms with Crippen LogP contribution >= 0.6 is 11.3 Å². The Kier molecular flexibility index (Phi) is 3.42. The minimum atomic E-state index is 0.804. The van der Waals surface area contributed by atoms with Gasteiger partial charge in [-0.25, -0.2) is 0 Å². The molecule has 2 fully saturated rings. The van der Waals surface area contributed by atoms with Gasteiger partial charge in [0.15, 0.2) is 0 Å². The number of aromatic nitrogens is 2. The number of rotatable bonds is 2. The summed E-state index contributed by atoms with van der Waals surface area (Å²) in [6.07, 6.45) is 3.92. The number of ether oxygens (including phenoxy) is 1. The third kappa shape index (κ3) is 2.52. The average molecular weight is 254 g/mol. The first-order valence-corrected chi connectivity index (χ1v) is 7.16. The molecule has 2 aliphatic heterocycles. The maximum atomic E-state index is 5.35. The van der Waals surface area contributed by atoms with E-state index in [2.05, 4.69) is 20.0 Å². The van der Waals surface area contributed by atoms with Crippen LogP contribution in [-0.4, -0.2) is 49.6 Å². The van der Waals surface area contributed by atoms with E-state index in [1.165, 1.54) is 19.3 Å². The molecule has 0 saturated carbocycles. The quantitative estimate of drug-likeness (QED) is 0.797. The lowest BCUT2D eigenvalue weighted by Crippen LogP contribution is -2.36. The maximum absolute atomic E-state index is 5.35. The van der Waals surface area contributed by atoms with Crippen molar-refractivity contribution in [2.24, 2.45) is 0 Å². The predicted molar refractivity (Wildman–Crippen MR) is 69.0 cm³/mol. The van der Waals surface area contributed by atoms with Crippen molar-refractivity contribution < 1.29 is 4.74 Å². The van der Waals surface area contributed by atoms with Crippen LogP contribution in [0, 0.1) is 0 Å². The van der Waals surface area contributed by atoms with E-state index in [1.54, 1.807) is 11.3 Å². The van der Waals surface area contributed by atoms with E-state index >= 15 is 0 Å². The molecular weight excluding hydrogens is 236 g/mol. The van der Waals surface area contributed by atoms with E-state index in [1.807, 2.05) is 0 Å². The van der Waals surface area contributed by atoms with Gasteiger partial charge in [-0.1, -0.05) is 11.3 Å². The Balaban J connectivity index is 1.68. The minimum absolute atomic E-state index is 0.804. The standard InChI is InChI=1S/C11H18N4OS/c1-2-4-14(5-3-1)10-12-13-11(17-10)15-6-8-16-9-7-15/h1-9H2. The van der Waals surface area contributed by atoms with Crippen molar-refractivity contribution in [3.8, 4) is 0 Å². The summed E-state index contributed by atoms with van der Waals surface area (Å²) in [6, 6.07) is 0. The average Bonchev–Trinajstić information content (AvgIpc) is 2.90. The second-order valence-electron chi connectivity index (χ2n) is 4.51. The lowest BCUT2D eigenvalue weighted by atomic mass is 10.1. The molecule has 94 valence electrons. The first kappa shape index (κ1) is 11.2. The minimum Gasteiger partial charge on any atom is -0.378 e. The molecule has 1 aromatic heterocycles. The molecule has 3 rings (SSSR count). The lowest BCUT2D eigenvalue weighted by molar-refractivity contribution is 0.122. The number of morpholine rings is 1. The lowest BCUT2D eigenvalue weighted by Gasteiger charge is -2.26. The van der Waals surface area contributed by atoms with Crippen molar-refractivity contribution in [2.45, 2.75) is 19.3 Å². The molecule has 0 aromatic carbocycles. The highest BCUT2D eigenvalue weighted by Crippen LogP contribution is 2.29. The first-order valence-electron chi connectivity index (χ1n) is 6.34. The maximum Gasteiger partial charge on any atom is 0.210 e.